The van der Waals surface area contributed by atoms with Gasteiger partial charge in [-0.3, -0.25) is 0 Å². The molecule has 0 aliphatic carbocycles. The van der Waals surface area contributed by atoms with Crippen LogP contribution in [0.2, 0.25) is 0 Å². The van der Waals surface area contributed by atoms with Gasteiger partial charge in [0.15, 0.2) is 0 Å². The summed E-state index contributed by atoms with van der Waals surface area (Å²) >= 11 is 0. The highest BCUT2D eigenvalue weighted by atomic mass is 16.5. The van der Waals surface area contributed by atoms with Crippen molar-refractivity contribution in [1.82, 2.24) is 0 Å². The van der Waals surface area contributed by atoms with Crippen LogP contribution >= 0.6 is 0 Å². The number of rotatable bonds is 11. The van der Waals surface area contributed by atoms with Gasteiger partial charge in [0, 0.05) is 34.3 Å². The molecule has 0 atom stereocenters. The number of benzene rings is 6. The first-order valence-electron chi connectivity index (χ1n) is 16.8. The molecule has 0 bridgehead atoms. The summed E-state index contributed by atoms with van der Waals surface area (Å²) in [5.74, 6) is 1.53. The molecule has 6 aromatic rings. The van der Waals surface area contributed by atoms with E-state index in [0.29, 0.717) is 0 Å². The first-order chi connectivity index (χ1) is 24.3. The van der Waals surface area contributed by atoms with Crippen LogP contribution in [0.1, 0.15) is 38.9 Å². The number of ether oxygens (including phenoxy) is 2. The normalized spacial score (nSPS) is 11.2. The molecule has 0 unspecified atom stereocenters. The van der Waals surface area contributed by atoms with Crippen LogP contribution in [0.3, 0.4) is 0 Å². The fourth-order valence-corrected chi connectivity index (χ4v) is 6.01. The van der Waals surface area contributed by atoms with Crippen molar-refractivity contribution in [3.05, 3.63) is 172 Å². The lowest BCUT2D eigenvalue weighted by Crippen LogP contribution is -2.10. The number of hydrazone groups is 1. The van der Waals surface area contributed by atoms with Gasteiger partial charge in [0.05, 0.1) is 31.8 Å². The van der Waals surface area contributed by atoms with Crippen LogP contribution in [0.25, 0.3) is 12.2 Å². The van der Waals surface area contributed by atoms with Gasteiger partial charge >= 0.3 is 0 Å². The summed E-state index contributed by atoms with van der Waals surface area (Å²) in [7, 11) is 3.41. The Morgan fingerprint density at radius 2 is 0.880 bits per heavy atom. The lowest BCUT2D eigenvalue weighted by atomic mass is 10.1. The first kappa shape index (κ1) is 33.8. The lowest BCUT2D eigenvalue weighted by Gasteiger charge is -2.26. The molecule has 0 aromatic heterocycles. The minimum atomic E-state index is 0.753. The van der Waals surface area contributed by atoms with Crippen molar-refractivity contribution in [1.29, 1.82) is 0 Å². The van der Waals surface area contributed by atoms with Crippen LogP contribution in [0, 0.1) is 27.7 Å². The molecule has 6 rings (SSSR count). The van der Waals surface area contributed by atoms with Crippen molar-refractivity contribution in [2.24, 2.45) is 5.10 Å². The van der Waals surface area contributed by atoms with Gasteiger partial charge in [-0.05, 0) is 122 Å². The Balaban J connectivity index is 1.28. The fourth-order valence-electron chi connectivity index (χ4n) is 6.01. The monoisotopic (exact) mass is 657 g/mol. The third kappa shape index (κ3) is 7.96. The largest absolute Gasteiger partial charge is 0.496 e. The molecular weight excluding hydrogens is 615 g/mol. The van der Waals surface area contributed by atoms with Crippen LogP contribution in [-0.2, 0) is 0 Å². The van der Waals surface area contributed by atoms with E-state index in [1.807, 2.05) is 17.3 Å². The van der Waals surface area contributed by atoms with E-state index in [1.165, 1.54) is 22.3 Å². The Bertz CT molecular complexity index is 2080. The van der Waals surface area contributed by atoms with E-state index in [-0.39, 0.29) is 0 Å². The summed E-state index contributed by atoms with van der Waals surface area (Å²) in [5.41, 5.74) is 12.8. The summed E-state index contributed by atoms with van der Waals surface area (Å²) in [6, 6.07) is 46.3. The summed E-state index contributed by atoms with van der Waals surface area (Å²) in [5, 5.41) is 6.90. The number of hydrogen-bond donors (Lipinski definition) is 0. The first-order valence-corrected chi connectivity index (χ1v) is 16.8. The molecule has 50 heavy (non-hydrogen) atoms. The zero-order valence-corrected chi connectivity index (χ0v) is 29.6. The van der Waals surface area contributed by atoms with Gasteiger partial charge < -0.3 is 14.4 Å². The van der Waals surface area contributed by atoms with E-state index in [2.05, 4.69) is 172 Å². The van der Waals surface area contributed by atoms with Crippen LogP contribution in [0.5, 0.6) is 11.5 Å². The Labute approximate surface area is 296 Å². The average molecular weight is 658 g/mol. The molecule has 0 N–H and O–H groups in total. The fraction of sp³-hybridized carbons (Fsp3) is 0.133. The van der Waals surface area contributed by atoms with Gasteiger partial charge in [0.25, 0.3) is 0 Å². The van der Waals surface area contributed by atoms with Gasteiger partial charge in [-0.1, -0.05) is 72.8 Å². The Morgan fingerprint density at radius 1 is 0.460 bits per heavy atom. The Morgan fingerprint density at radius 3 is 1.36 bits per heavy atom. The van der Waals surface area contributed by atoms with E-state index in [0.717, 1.165) is 56.6 Å². The standard InChI is InChI=1S/C45H43N3O2/c1-32-11-7-15-39(25-32)47(40-16-8-12-33(2)26-40)41-24-23-38(45(30-41)50-6)22-21-37-20-19-36(29-44(37)49-5)31-46-48(42-17-9-13-34(3)27-42)43-18-10-14-35(4)28-43/h7-31H,1-6H3. The topological polar surface area (TPSA) is 37.3 Å². The summed E-state index contributed by atoms with van der Waals surface area (Å²) in [6.07, 6.45) is 5.99. The van der Waals surface area contributed by atoms with Crippen LogP contribution in [0.4, 0.5) is 28.4 Å². The maximum Gasteiger partial charge on any atom is 0.128 e. The van der Waals surface area contributed by atoms with Gasteiger partial charge in [-0.2, -0.15) is 5.10 Å². The molecule has 0 radical (unpaired) electrons. The molecule has 250 valence electrons. The SMILES string of the molecule is COc1cc(C=NN(c2cccc(C)c2)c2cccc(C)c2)ccc1C=Cc1ccc(N(c2cccc(C)c2)c2cccc(C)c2)cc1OC. The Hall–Kier alpha value is -6.07. The number of hydrogen-bond acceptors (Lipinski definition) is 5. The number of aryl methyl sites for hydroxylation is 4. The number of methoxy groups -OCH3 is 2. The highest BCUT2D eigenvalue weighted by molar-refractivity contribution is 5.85. The molecule has 5 nitrogen and oxygen atoms in total. The molecular formula is C45H43N3O2. The van der Waals surface area contributed by atoms with Gasteiger partial charge in [-0.25, -0.2) is 5.01 Å². The molecule has 6 aromatic carbocycles. The van der Waals surface area contributed by atoms with Crippen LogP contribution in [-0.4, -0.2) is 20.4 Å². The van der Waals surface area contributed by atoms with E-state index >= 15 is 0 Å². The second-order valence-electron chi connectivity index (χ2n) is 12.5. The minimum Gasteiger partial charge on any atom is -0.496 e. The molecule has 0 saturated heterocycles. The van der Waals surface area contributed by atoms with Crippen molar-refractivity contribution >= 4 is 46.8 Å². The maximum atomic E-state index is 5.93. The van der Waals surface area contributed by atoms with Gasteiger partial charge in [-0.15, -0.1) is 0 Å². The van der Waals surface area contributed by atoms with E-state index in [1.54, 1.807) is 14.2 Å². The maximum absolute atomic E-state index is 5.93. The third-order valence-corrected chi connectivity index (χ3v) is 8.51. The van der Waals surface area contributed by atoms with Crippen LogP contribution in [0.15, 0.2) is 139 Å². The highest BCUT2D eigenvalue weighted by Crippen LogP contribution is 2.38. The summed E-state index contributed by atoms with van der Waals surface area (Å²) in [4.78, 5) is 2.26. The lowest BCUT2D eigenvalue weighted by molar-refractivity contribution is 0.413. The van der Waals surface area contributed by atoms with Crippen LogP contribution < -0.4 is 19.4 Å². The number of anilines is 5. The zero-order chi connectivity index (χ0) is 35.0. The van der Waals surface area contributed by atoms with E-state index in [4.69, 9.17) is 14.6 Å². The minimum absolute atomic E-state index is 0.753. The van der Waals surface area contributed by atoms with E-state index < -0.39 is 0 Å². The number of nitrogens with zero attached hydrogens (tertiary/aromatic N) is 3. The molecule has 0 saturated carbocycles. The zero-order valence-electron chi connectivity index (χ0n) is 29.6. The van der Waals surface area contributed by atoms with Gasteiger partial charge in [0.1, 0.15) is 11.5 Å². The Kier molecular flexibility index (Phi) is 10.4. The van der Waals surface area contributed by atoms with E-state index in [9.17, 15) is 0 Å². The average Bonchev–Trinajstić information content (AvgIpc) is 3.11. The van der Waals surface area contributed by atoms with Crippen molar-refractivity contribution < 1.29 is 9.47 Å². The smallest absolute Gasteiger partial charge is 0.128 e. The molecule has 0 amide bonds. The molecule has 0 aliphatic heterocycles. The van der Waals surface area contributed by atoms with Crippen molar-refractivity contribution in [2.75, 3.05) is 24.1 Å². The molecule has 0 heterocycles. The molecule has 0 fully saturated rings. The quantitative estimate of drug-likeness (QED) is 0.0789. The van der Waals surface area contributed by atoms with Crippen molar-refractivity contribution in [3.63, 3.8) is 0 Å². The van der Waals surface area contributed by atoms with Crippen molar-refractivity contribution in [3.8, 4) is 11.5 Å². The predicted octanol–water partition coefficient (Wildman–Crippen LogP) is 11.7. The molecule has 0 spiro atoms. The third-order valence-electron chi connectivity index (χ3n) is 8.51. The predicted molar refractivity (Wildman–Crippen MR) is 211 cm³/mol. The molecule has 0 aliphatic rings. The molecule has 5 heteroatoms. The second-order valence-corrected chi connectivity index (χ2v) is 12.5. The highest BCUT2D eigenvalue weighted by Gasteiger charge is 2.15. The van der Waals surface area contributed by atoms with Gasteiger partial charge in [0.2, 0.25) is 0 Å². The summed E-state index contributed by atoms with van der Waals surface area (Å²) in [6.45, 7) is 8.42. The van der Waals surface area contributed by atoms with Crippen molar-refractivity contribution in [2.45, 2.75) is 27.7 Å². The summed E-state index contributed by atoms with van der Waals surface area (Å²) < 4.78 is 11.8. The second kappa shape index (κ2) is 15.4.